The Kier molecular flexibility index (Phi) is 8.44. The van der Waals surface area contributed by atoms with Crippen molar-refractivity contribution in [1.29, 1.82) is 0 Å². The SMILES string of the molecule is CC1(C)c2cc(/C=C/c3ccc(N4c5ccccc5N(c5ccccc5)c5ccccc54)cn3)ccc2-c2ccc(N3c4ccccc4N(c4ccccc4)c4ccccc43)cc21. The molecule has 0 bridgehead atoms. The van der Waals surface area contributed by atoms with Crippen molar-refractivity contribution in [1.82, 2.24) is 4.98 Å². The maximum absolute atomic E-state index is 4.98. The number of hydrogen-bond acceptors (Lipinski definition) is 5. The van der Waals surface area contributed by atoms with Crippen LogP contribution in [0.1, 0.15) is 36.2 Å². The van der Waals surface area contributed by atoms with Gasteiger partial charge in [0.05, 0.1) is 63.1 Å². The Morgan fingerprint density at radius 1 is 0.349 bits per heavy atom. The fraction of sp³-hybridized carbons (Fsp3) is 0.0517. The molecule has 0 unspecified atom stereocenters. The maximum atomic E-state index is 4.98. The second-order valence-electron chi connectivity index (χ2n) is 16.9. The molecule has 8 aromatic carbocycles. The molecule has 63 heavy (non-hydrogen) atoms. The summed E-state index contributed by atoms with van der Waals surface area (Å²) in [5.41, 5.74) is 20.7. The highest BCUT2D eigenvalue weighted by Gasteiger charge is 2.38. The first-order valence-electron chi connectivity index (χ1n) is 21.6. The van der Waals surface area contributed by atoms with Gasteiger partial charge in [0.1, 0.15) is 0 Å². The Bertz CT molecular complexity index is 3130. The Labute approximate surface area is 368 Å². The molecule has 0 radical (unpaired) electrons. The highest BCUT2D eigenvalue weighted by molar-refractivity contribution is 6.03. The number of fused-ring (bicyclic) bond motifs is 7. The molecule has 9 aromatic rings. The third-order valence-corrected chi connectivity index (χ3v) is 12.9. The first-order chi connectivity index (χ1) is 31.0. The van der Waals surface area contributed by atoms with Gasteiger partial charge >= 0.3 is 0 Å². The molecule has 0 spiro atoms. The van der Waals surface area contributed by atoms with Crippen LogP contribution in [0.5, 0.6) is 0 Å². The van der Waals surface area contributed by atoms with Crippen LogP contribution < -0.4 is 19.6 Å². The smallest absolute Gasteiger partial charge is 0.0704 e. The number of benzene rings is 8. The summed E-state index contributed by atoms with van der Waals surface area (Å²) in [6, 6.07) is 74.1. The number of pyridine rings is 1. The van der Waals surface area contributed by atoms with Crippen LogP contribution in [0.2, 0.25) is 0 Å². The number of aromatic nitrogens is 1. The van der Waals surface area contributed by atoms with E-state index >= 15 is 0 Å². The molecule has 5 nitrogen and oxygen atoms in total. The van der Waals surface area contributed by atoms with Gasteiger partial charge in [-0.2, -0.15) is 0 Å². The van der Waals surface area contributed by atoms with E-state index in [0.29, 0.717) is 0 Å². The molecule has 3 heterocycles. The van der Waals surface area contributed by atoms with Crippen molar-refractivity contribution in [3.63, 3.8) is 0 Å². The lowest BCUT2D eigenvalue weighted by Gasteiger charge is -2.40. The fourth-order valence-electron chi connectivity index (χ4n) is 9.95. The minimum atomic E-state index is -0.202. The summed E-state index contributed by atoms with van der Waals surface area (Å²) in [4.78, 5) is 14.4. The Balaban J connectivity index is 0.841. The zero-order chi connectivity index (χ0) is 42.1. The van der Waals surface area contributed by atoms with E-state index in [9.17, 15) is 0 Å². The van der Waals surface area contributed by atoms with Gasteiger partial charge in [0.25, 0.3) is 0 Å². The van der Waals surface area contributed by atoms with Gasteiger partial charge in [-0.1, -0.05) is 129 Å². The maximum Gasteiger partial charge on any atom is 0.0704 e. The minimum Gasteiger partial charge on any atom is -0.306 e. The van der Waals surface area contributed by atoms with Crippen LogP contribution in [-0.4, -0.2) is 4.98 Å². The lowest BCUT2D eigenvalue weighted by molar-refractivity contribution is 0.660. The molecule has 0 saturated heterocycles. The molecule has 1 aliphatic carbocycles. The first-order valence-corrected chi connectivity index (χ1v) is 21.6. The second-order valence-corrected chi connectivity index (χ2v) is 16.9. The molecule has 12 rings (SSSR count). The van der Waals surface area contributed by atoms with Crippen molar-refractivity contribution in [3.8, 4) is 11.1 Å². The van der Waals surface area contributed by atoms with E-state index < -0.39 is 0 Å². The zero-order valence-electron chi connectivity index (χ0n) is 35.1. The largest absolute Gasteiger partial charge is 0.306 e. The molecule has 0 N–H and O–H groups in total. The molecule has 0 saturated carbocycles. The molecule has 0 atom stereocenters. The van der Waals surface area contributed by atoms with Crippen LogP contribution in [0.15, 0.2) is 212 Å². The van der Waals surface area contributed by atoms with Crippen molar-refractivity contribution in [3.05, 3.63) is 235 Å². The number of para-hydroxylation sites is 10. The van der Waals surface area contributed by atoms with E-state index in [-0.39, 0.29) is 5.41 Å². The first kappa shape index (κ1) is 36.7. The van der Waals surface area contributed by atoms with Crippen molar-refractivity contribution in [2.75, 3.05) is 19.6 Å². The average molecular weight is 810 g/mol. The van der Waals surface area contributed by atoms with E-state index in [2.05, 4.69) is 252 Å². The molecule has 0 amide bonds. The highest BCUT2D eigenvalue weighted by Crippen LogP contribution is 2.57. The summed E-state index contributed by atoms with van der Waals surface area (Å²) < 4.78 is 0. The molecule has 5 heteroatoms. The molecular formula is C58H43N5. The monoisotopic (exact) mass is 809 g/mol. The second kappa shape index (κ2) is 14.5. The lowest BCUT2D eigenvalue weighted by Crippen LogP contribution is -2.24. The Morgan fingerprint density at radius 2 is 0.730 bits per heavy atom. The van der Waals surface area contributed by atoms with E-state index in [1.165, 1.54) is 22.3 Å². The predicted molar refractivity (Wildman–Crippen MR) is 263 cm³/mol. The van der Waals surface area contributed by atoms with Gasteiger partial charge in [-0.05, 0) is 131 Å². The van der Waals surface area contributed by atoms with Gasteiger partial charge in [-0.25, -0.2) is 0 Å². The average Bonchev–Trinajstić information content (AvgIpc) is 3.56. The van der Waals surface area contributed by atoms with Crippen LogP contribution in [0, 0.1) is 0 Å². The predicted octanol–water partition coefficient (Wildman–Crippen LogP) is 16.1. The van der Waals surface area contributed by atoms with E-state index in [1.54, 1.807) is 0 Å². The van der Waals surface area contributed by atoms with Crippen LogP contribution >= 0.6 is 0 Å². The summed E-state index contributed by atoms with van der Waals surface area (Å²) in [6.07, 6.45) is 6.30. The van der Waals surface area contributed by atoms with Crippen LogP contribution in [-0.2, 0) is 5.41 Å². The van der Waals surface area contributed by atoms with Crippen molar-refractivity contribution < 1.29 is 0 Å². The Hall–Kier alpha value is -8.15. The Morgan fingerprint density at radius 3 is 1.17 bits per heavy atom. The van der Waals surface area contributed by atoms with Crippen molar-refractivity contribution in [2.24, 2.45) is 0 Å². The quantitative estimate of drug-likeness (QED) is 0.167. The van der Waals surface area contributed by atoms with E-state index in [4.69, 9.17) is 4.98 Å². The van der Waals surface area contributed by atoms with Crippen molar-refractivity contribution >= 4 is 80.4 Å². The van der Waals surface area contributed by atoms with E-state index in [1.807, 2.05) is 6.20 Å². The third kappa shape index (κ3) is 5.88. The van der Waals surface area contributed by atoms with Gasteiger partial charge in [0, 0.05) is 22.5 Å². The number of rotatable bonds is 6. The van der Waals surface area contributed by atoms with E-state index in [0.717, 1.165) is 79.5 Å². The molecular weight excluding hydrogens is 767 g/mol. The number of nitrogens with zero attached hydrogens (tertiary/aromatic N) is 5. The van der Waals surface area contributed by atoms with Crippen LogP contribution in [0.3, 0.4) is 0 Å². The minimum absolute atomic E-state index is 0.202. The number of anilines is 12. The van der Waals surface area contributed by atoms with Gasteiger partial charge in [-0.15, -0.1) is 0 Å². The normalized spacial score (nSPS) is 14.1. The van der Waals surface area contributed by atoms with Crippen LogP contribution in [0.4, 0.5) is 68.2 Å². The summed E-state index contributed by atoms with van der Waals surface area (Å²) in [5.74, 6) is 0. The van der Waals surface area contributed by atoms with Gasteiger partial charge in [-0.3, -0.25) is 4.98 Å². The molecule has 2 aliphatic heterocycles. The molecule has 300 valence electrons. The molecule has 3 aliphatic rings. The zero-order valence-corrected chi connectivity index (χ0v) is 35.1. The van der Waals surface area contributed by atoms with Crippen LogP contribution in [0.25, 0.3) is 23.3 Å². The summed E-state index contributed by atoms with van der Waals surface area (Å²) in [6.45, 7) is 4.72. The highest BCUT2D eigenvalue weighted by atomic mass is 15.3. The van der Waals surface area contributed by atoms with Gasteiger partial charge in [0.2, 0.25) is 0 Å². The number of hydrogen-bond donors (Lipinski definition) is 0. The standard InChI is InChI=1S/C58H43N5/c1-58(2)48-37-40(29-31-41-32-33-45(39-59-41)63-56-27-15-11-23-52(56)61(43-19-7-4-8-20-43)53-24-12-16-28-57(53)63)30-35-46(48)47-36-34-44(38-49(47)58)62-54-25-13-9-21-50(54)60(42-17-5-3-6-18-42)51-22-10-14-26-55(51)62/h3-39H,1-2H3/b31-29+. The molecule has 0 fully saturated rings. The van der Waals surface area contributed by atoms with Gasteiger partial charge in [0.15, 0.2) is 0 Å². The topological polar surface area (TPSA) is 25.9 Å². The summed E-state index contributed by atoms with van der Waals surface area (Å²) in [7, 11) is 0. The fourth-order valence-corrected chi connectivity index (χ4v) is 9.95. The lowest BCUT2D eigenvalue weighted by atomic mass is 9.81. The third-order valence-electron chi connectivity index (χ3n) is 12.9. The van der Waals surface area contributed by atoms with Crippen molar-refractivity contribution in [2.45, 2.75) is 19.3 Å². The summed E-state index contributed by atoms with van der Waals surface area (Å²) in [5, 5.41) is 0. The van der Waals surface area contributed by atoms with Gasteiger partial charge < -0.3 is 19.6 Å². The molecule has 1 aromatic heterocycles. The summed E-state index contributed by atoms with van der Waals surface area (Å²) >= 11 is 0.